The van der Waals surface area contributed by atoms with Crippen LogP contribution >= 0.6 is 15.9 Å². The summed E-state index contributed by atoms with van der Waals surface area (Å²) in [5.41, 5.74) is 0. The standard InChI is InChI=1S/C11H14BrNO/c1-3-5-9(4-2)13-8-11-10(12)6-7-14-11/h1,6-7,9,13H,4-5,8H2,2H3. The molecule has 1 aromatic rings. The van der Waals surface area contributed by atoms with Crippen molar-refractivity contribution < 1.29 is 4.42 Å². The molecule has 0 aromatic carbocycles. The van der Waals surface area contributed by atoms with Crippen LogP contribution in [0.15, 0.2) is 21.2 Å². The Kier molecular flexibility index (Phi) is 4.78. The number of terminal acetylenes is 1. The Hall–Kier alpha value is -0.720. The van der Waals surface area contributed by atoms with Gasteiger partial charge in [-0.25, -0.2) is 0 Å². The van der Waals surface area contributed by atoms with Crippen LogP contribution in [0.3, 0.4) is 0 Å². The Balaban J connectivity index is 2.40. The van der Waals surface area contributed by atoms with Crippen LogP contribution in [-0.4, -0.2) is 6.04 Å². The van der Waals surface area contributed by atoms with Crippen molar-refractivity contribution in [2.24, 2.45) is 0 Å². The average Bonchev–Trinajstić information content (AvgIpc) is 2.59. The second-order valence-corrected chi connectivity index (χ2v) is 3.94. The summed E-state index contributed by atoms with van der Waals surface area (Å²) >= 11 is 3.40. The molecule has 1 unspecified atom stereocenters. The van der Waals surface area contributed by atoms with Gasteiger partial charge >= 0.3 is 0 Å². The van der Waals surface area contributed by atoms with Crippen molar-refractivity contribution >= 4 is 15.9 Å². The van der Waals surface area contributed by atoms with Gasteiger partial charge in [-0.1, -0.05) is 6.92 Å². The SMILES string of the molecule is C#CCC(CC)NCc1occc1Br. The lowest BCUT2D eigenvalue weighted by Crippen LogP contribution is -2.27. The summed E-state index contributed by atoms with van der Waals surface area (Å²) < 4.78 is 6.28. The van der Waals surface area contributed by atoms with Crippen molar-refractivity contribution in [3.05, 3.63) is 22.6 Å². The number of hydrogen-bond donors (Lipinski definition) is 1. The lowest BCUT2D eigenvalue weighted by Gasteiger charge is -2.12. The van der Waals surface area contributed by atoms with Crippen molar-refractivity contribution in [2.45, 2.75) is 32.4 Å². The quantitative estimate of drug-likeness (QED) is 0.819. The molecule has 0 aliphatic heterocycles. The fourth-order valence-electron chi connectivity index (χ4n) is 1.19. The molecule has 1 atom stereocenters. The van der Waals surface area contributed by atoms with E-state index in [0.29, 0.717) is 12.6 Å². The molecule has 0 amide bonds. The first-order chi connectivity index (χ1) is 6.77. The highest BCUT2D eigenvalue weighted by molar-refractivity contribution is 9.10. The summed E-state index contributed by atoms with van der Waals surface area (Å²) in [4.78, 5) is 0. The molecule has 0 radical (unpaired) electrons. The van der Waals surface area contributed by atoms with Gasteiger partial charge in [0.2, 0.25) is 0 Å². The fraction of sp³-hybridized carbons (Fsp3) is 0.455. The van der Waals surface area contributed by atoms with Crippen LogP contribution in [0.5, 0.6) is 0 Å². The molecule has 0 saturated heterocycles. The maximum atomic E-state index is 5.28. The Bertz CT molecular complexity index is 313. The van der Waals surface area contributed by atoms with E-state index in [1.165, 1.54) is 0 Å². The highest BCUT2D eigenvalue weighted by atomic mass is 79.9. The van der Waals surface area contributed by atoms with Crippen LogP contribution in [-0.2, 0) is 6.54 Å². The van der Waals surface area contributed by atoms with E-state index in [0.717, 1.165) is 23.1 Å². The maximum absolute atomic E-state index is 5.28. The van der Waals surface area contributed by atoms with Gasteiger partial charge in [-0.3, -0.25) is 0 Å². The van der Waals surface area contributed by atoms with Gasteiger partial charge in [0.15, 0.2) is 0 Å². The predicted octanol–water partition coefficient (Wildman–Crippen LogP) is 2.93. The highest BCUT2D eigenvalue weighted by Gasteiger charge is 2.07. The molecule has 2 nitrogen and oxygen atoms in total. The van der Waals surface area contributed by atoms with Crippen LogP contribution < -0.4 is 5.32 Å². The first kappa shape index (κ1) is 11.4. The molecule has 1 N–H and O–H groups in total. The Morgan fingerprint density at radius 1 is 1.71 bits per heavy atom. The molecular weight excluding hydrogens is 242 g/mol. The van der Waals surface area contributed by atoms with Gasteiger partial charge in [-0.2, -0.15) is 0 Å². The molecule has 1 rings (SSSR count). The normalized spacial score (nSPS) is 12.4. The summed E-state index contributed by atoms with van der Waals surface area (Å²) in [6, 6.07) is 2.26. The Morgan fingerprint density at radius 3 is 3.00 bits per heavy atom. The van der Waals surface area contributed by atoms with E-state index in [1.54, 1.807) is 6.26 Å². The lowest BCUT2D eigenvalue weighted by atomic mass is 10.1. The number of nitrogens with one attached hydrogen (secondary N) is 1. The van der Waals surface area contributed by atoms with E-state index in [2.05, 4.69) is 34.1 Å². The van der Waals surface area contributed by atoms with Gasteiger partial charge in [0.1, 0.15) is 5.76 Å². The minimum atomic E-state index is 0.372. The third kappa shape index (κ3) is 3.21. The molecule has 0 aliphatic carbocycles. The molecule has 76 valence electrons. The van der Waals surface area contributed by atoms with Crippen LogP contribution in [0.2, 0.25) is 0 Å². The first-order valence-electron chi connectivity index (χ1n) is 4.66. The number of hydrogen-bond acceptors (Lipinski definition) is 2. The molecule has 0 spiro atoms. The Labute approximate surface area is 93.2 Å². The minimum Gasteiger partial charge on any atom is -0.467 e. The lowest BCUT2D eigenvalue weighted by molar-refractivity contribution is 0.438. The summed E-state index contributed by atoms with van der Waals surface area (Å²) in [7, 11) is 0. The van der Waals surface area contributed by atoms with Crippen LogP contribution in [0.25, 0.3) is 0 Å². The monoisotopic (exact) mass is 255 g/mol. The van der Waals surface area contributed by atoms with Crippen molar-refractivity contribution in [1.82, 2.24) is 5.32 Å². The smallest absolute Gasteiger partial charge is 0.131 e. The molecule has 0 bridgehead atoms. The molecule has 1 heterocycles. The predicted molar refractivity (Wildman–Crippen MR) is 60.8 cm³/mol. The molecule has 14 heavy (non-hydrogen) atoms. The highest BCUT2D eigenvalue weighted by Crippen LogP contribution is 2.17. The molecule has 0 saturated carbocycles. The van der Waals surface area contributed by atoms with E-state index in [4.69, 9.17) is 10.8 Å². The van der Waals surface area contributed by atoms with E-state index in [-0.39, 0.29) is 0 Å². The molecule has 1 aromatic heterocycles. The van der Waals surface area contributed by atoms with E-state index in [1.807, 2.05) is 6.07 Å². The third-order valence-electron chi connectivity index (χ3n) is 2.10. The molecule has 0 fully saturated rings. The van der Waals surface area contributed by atoms with Crippen molar-refractivity contribution in [1.29, 1.82) is 0 Å². The average molecular weight is 256 g/mol. The van der Waals surface area contributed by atoms with Crippen LogP contribution in [0.1, 0.15) is 25.5 Å². The number of furan rings is 1. The summed E-state index contributed by atoms with van der Waals surface area (Å²) in [6.45, 7) is 2.83. The second-order valence-electron chi connectivity index (χ2n) is 3.09. The maximum Gasteiger partial charge on any atom is 0.131 e. The molecular formula is C11H14BrNO. The van der Waals surface area contributed by atoms with Crippen molar-refractivity contribution in [3.63, 3.8) is 0 Å². The van der Waals surface area contributed by atoms with Crippen LogP contribution in [0.4, 0.5) is 0 Å². The van der Waals surface area contributed by atoms with Gasteiger partial charge in [0, 0.05) is 12.5 Å². The largest absolute Gasteiger partial charge is 0.467 e. The topological polar surface area (TPSA) is 25.2 Å². The van der Waals surface area contributed by atoms with E-state index in [9.17, 15) is 0 Å². The zero-order valence-corrected chi connectivity index (χ0v) is 9.80. The van der Waals surface area contributed by atoms with E-state index < -0.39 is 0 Å². The third-order valence-corrected chi connectivity index (χ3v) is 2.81. The van der Waals surface area contributed by atoms with Gasteiger partial charge in [-0.15, -0.1) is 12.3 Å². The first-order valence-corrected chi connectivity index (χ1v) is 5.46. The minimum absolute atomic E-state index is 0.372. The van der Waals surface area contributed by atoms with Gasteiger partial charge in [0.25, 0.3) is 0 Å². The van der Waals surface area contributed by atoms with Crippen molar-refractivity contribution in [2.75, 3.05) is 0 Å². The zero-order chi connectivity index (χ0) is 10.4. The summed E-state index contributed by atoms with van der Waals surface area (Å²) in [5.74, 6) is 3.58. The molecule has 0 aliphatic rings. The second kappa shape index (κ2) is 5.90. The number of halogens is 1. The molecule has 3 heteroatoms. The van der Waals surface area contributed by atoms with E-state index >= 15 is 0 Å². The van der Waals surface area contributed by atoms with Crippen molar-refractivity contribution in [3.8, 4) is 12.3 Å². The fourth-order valence-corrected chi connectivity index (χ4v) is 1.53. The van der Waals surface area contributed by atoms with Gasteiger partial charge in [0.05, 0.1) is 17.3 Å². The zero-order valence-electron chi connectivity index (χ0n) is 8.22. The number of rotatable bonds is 5. The van der Waals surface area contributed by atoms with Crippen LogP contribution in [0, 0.1) is 12.3 Å². The van der Waals surface area contributed by atoms with Gasteiger partial charge in [-0.05, 0) is 28.4 Å². The Morgan fingerprint density at radius 2 is 2.50 bits per heavy atom. The summed E-state index contributed by atoms with van der Waals surface area (Å²) in [6.07, 6.45) is 8.72. The summed E-state index contributed by atoms with van der Waals surface area (Å²) in [5, 5.41) is 3.35. The van der Waals surface area contributed by atoms with Gasteiger partial charge < -0.3 is 9.73 Å².